The molecule has 1 aromatic rings. The molecule has 1 heterocycles. The van der Waals surface area contributed by atoms with Crippen molar-refractivity contribution in [3.05, 3.63) is 28.8 Å². The van der Waals surface area contributed by atoms with Crippen LogP contribution in [0.1, 0.15) is 26.3 Å². The zero-order valence-electron chi connectivity index (χ0n) is 12.8. The first-order valence-electron chi connectivity index (χ1n) is 7.10. The van der Waals surface area contributed by atoms with E-state index in [-0.39, 0.29) is 11.4 Å². The van der Waals surface area contributed by atoms with E-state index in [0.717, 1.165) is 31.9 Å². The molecule has 1 aliphatic rings. The summed E-state index contributed by atoms with van der Waals surface area (Å²) in [7, 11) is 0. The molecule has 2 rings (SSSR count). The lowest BCUT2D eigenvalue weighted by atomic mass is 10.0. The number of oxime groups is 1. The zero-order chi connectivity index (χ0) is 15.6. The molecule has 0 bridgehead atoms. The van der Waals surface area contributed by atoms with E-state index >= 15 is 0 Å². The van der Waals surface area contributed by atoms with Crippen LogP contribution in [0.2, 0.25) is 5.02 Å². The van der Waals surface area contributed by atoms with Gasteiger partial charge in [0.15, 0.2) is 5.84 Å². The molecule has 0 saturated carbocycles. The first-order chi connectivity index (χ1) is 9.82. The molecule has 21 heavy (non-hydrogen) atoms. The summed E-state index contributed by atoms with van der Waals surface area (Å²) in [6, 6.07) is 5.51. The number of piperazine rings is 1. The number of amidine groups is 1. The number of halogens is 1. The molecule has 6 heteroatoms. The fourth-order valence-corrected chi connectivity index (χ4v) is 2.83. The Morgan fingerprint density at radius 2 is 1.86 bits per heavy atom. The maximum Gasteiger partial charge on any atom is 0.172 e. The maximum absolute atomic E-state index is 8.94. The van der Waals surface area contributed by atoms with E-state index in [1.807, 2.05) is 12.1 Å². The Balaban J connectivity index is 2.21. The number of benzene rings is 1. The van der Waals surface area contributed by atoms with E-state index in [4.69, 9.17) is 22.5 Å². The van der Waals surface area contributed by atoms with Gasteiger partial charge in [-0.1, -0.05) is 16.8 Å². The van der Waals surface area contributed by atoms with Crippen molar-refractivity contribution in [2.75, 3.05) is 31.1 Å². The first kappa shape index (κ1) is 15.9. The Bertz CT molecular complexity index is 531. The third kappa shape index (κ3) is 3.60. The average molecular weight is 311 g/mol. The summed E-state index contributed by atoms with van der Waals surface area (Å²) in [5, 5.41) is 12.6. The lowest BCUT2D eigenvalue weighted by molar-refractivity contribution is 0.128. The number of nitrogens with zero attached hydrogens (tertiary/aromatic N) is 3. The topological polar surface area (TPSA) is 65.1 Å². The van der Waals surface area contributed by atoms with E-state index in [0.29, 0.717) is 10.6 Å². The number of hydrogen-bond acceptors (Lipinski definition) is 4. The van der Waals surface area contributed by atoms with E-state index in [2.05, 4.69) is 35.7 Å². The Kier molecular flexibility index (Phi) is 4.64. The fourth-order valence-electron chi connectivity index (χ4n) is 2.66. The maximum atomic E-state index is 8.94. The standard InChI is InChI=1S/C15H23ClN4O/c1-15(2,3)20-8-6-19(7-9-20)13-5-4-11(16)10-12(13)14(17)18-21/h4-5,10,21H,6-9H2,1-3H3,(H2,17,18). The molecule has 3 N–H and O–H groups in total. The molecule has 1 aliphatic heterocycles. The number of nitrogens with two attached hydrogens (primary N) is 1. The third-order valence-corrected chi connectivity index (χ3v) is 4.15. The highest BCUT2D eigenvalue weighted by Crippen LogP contribution is 2.26. The van der Waals surface area contributed by atoms with Gasteiger partial charge in [-0.2, -0.15) is 0 Å². The SMILES string of the molecule is CC(C)(C)N1CCN(c2ccc(Cl)cc2C(N)=NO)CC1. The van der Waals surface area contributed by atoms with Crippen LogP contribution in [0.3, 0.4) is 0 Å². The van der Waals surface area contributed by atoms with Crippen LogP contribution >= 0.6 is 11.6 Å². The van der Waals surface area contributed by atoms with Crippen molar-refractivity contribution in [2.45, 2.75) is 26.3 Å². The van der Waals surface area contributed by atoms with E-state index in [1.165, 1.54) is 0 Å². The first-order valence-corrected chi connectivity index (χ1v) is 7.48. The number of hydrogen-bond donors (Lipinski definition) is 2. The lowest BCUT2D eigenvalue weighted by Crippen LogP contribution is -2.53. The molecule has 1 saturated heterocycles. The number of anilines is 1. The van der Waals surface area contributed by atoms with Crippen LogP contribution in [0.5, 0.6) is 0 Å². The van der Waals surface area contributed by atoms with Crippen molar-refractivity contribution in [1.82, 2.24) is 4.90 Å². The summed E-state index contributed by atoms with van der Waals surface area (Å²) in [6.07, 6.45) is 0. The summed E-state index contributed by atoms with van der Waals surface area (Å²) in [6.45, 7) is 10.5. The minimum atomic E-state index is 0.0887. The highest BCUT2D eigenvalue weighted by molar-refractivity contribution is 6.31. The molecule has 0 atom stereocenters. The summed E-state index contributed by atoms with van der Waals surface area (Å²) < 4.78 is 0. The normalized spacial score (nSPS) is 18.1. The second kappa shape index (κ2) is 6.12. The Morgan fingerprint density at radius 1 is 1.24 bits per heavy atom. The molecule has 0 aliphatic carbocycles. The van der Waals surface area contributed by atoms with Gasteiger partial charge in [0.1, 0.15) is 0 Å². The van der Waals surface area contributed by atoms with Crippen molar-refractivity contribution in [1.29, 1.82) is 0 Å². The summed E-state index contributed by atoms with van der Waals surface area (Å²) in [5.74, 6) is 0.0887. The van der Waals surface area contributed by atoms with Crippen LogP contribution in [0.15, 0.2) is 23.4 Å². The minimum Gasteiger partial charge on any atom is -0.409 e. The summed E-state index contributed by atoms with van der Waals surface area (Å²) in [5.41, 5.74) is 7.59. The fraction of sp³-hybridized carbons (Fsp3) is 0.533. The average Bonchev–Trinajstić information content (AvgIpc) is 2.45. The van der Waals surface area contributed by atoms with Crippen molar-refractivity contribution >= 4 is 23.1 Å². The molecular formula is C15H23ClN4O. The van der Waals surface area contributed by atoms with E-state index in [9.17, 15) is 0 Å². The summed E-state index contributed by atoms with van der Waals surface area (Å²) in [4.78, 5) is 4.72. The van der Waals surface area contributed by atoms with Crippen LogP contribution < -0.4 is 10.6 Å². The molecule has 1 fully saturated rings. The van der Waals surface area contributed by atoms with Gasteiger partial charge in [-0.05, 0) is 39.0 Å². The molecule has 0 unspecified atom stereocenters. The van der Waals surface area contributed by atoms with Gasteiger partial charge in [-0.3, -0.25) is 4.90 Å². The third-order valence-electron chi connectivity index (χ3n) is 3.91. The molecule has 0 spiro atoms. The van der Waals surface area contributed by atoms with Gasteiger partial charge in [-0.15, -0.1) is 0 Å². The molecular weight excluding hydrogens is 288 g/mol. The smallest absolute Gasteiger partial charge is 0.172 e. The minimum absolute atomic E-state index is 0.0887. The van der Waals surface area contributed by atoms with Gasteiger partial charge in [0.25, 0.3) is 0 Å². The van der Waals surface area contributed by atoms with Crippen LogP contribution in [-0.4, -0.2) is 47.7 Å². The molecule has 116 valence electrons. The molecule has 0 aromatic heterocycles. The van der Waals surface area contributed by atoms with Crippen LogP contribution in [0.25, 0.3) is 0 Å². The van der Waals surface area contributed by atoms with Crippen molar-refractivity contribution in [2.24, 2.45) is 10.9 Å². The highest BCUT2D eigenvalue weighted by atomic mass is 35.5. The Morgan fingerprint density at radius 3 is 2.38 bits per heavy atom. The highest BCUT2D eigenvalue weighted by Gasteiger charge is 2.27. The molecule has 0 amide bonds. The quantitative estimate of drug-likeness (QED) is 0.381. The second-order valence-electron chi connectivity index (χ2n) is 6.29. The summed E-state index contributed by atoms with van der Waals surface area (Å²) >= 11 is 6.02. The van der Waals surface area contributed by atoms with Gasteiger partial charge in [0, 0.05) is 48.0 Å². The molecule has 5 nitrogen and oxygen atoms in total. The zero-order valence-corrected chi connectivity index (χ0v) is 13.6. The Hall–Kier alpha value is -1.46. The van der Waals surface area contributed by atoms with Gasteiger partial charge in [0.05, 0.1) is 0 Å². The van der Waals surface area contributed by atoms with Gasteiger partial charge >= 0.3 is 0 Å². The Labute approximate surface area is 131 Å². The largest absolute Gasteiger partial charge is 0.409 e. The lowest BCUT2D eigenvalue weighted by Gasteiger charge is -2.43. The van der Waals surface area contributed by atoms with Gasteiger partial charge in [0.2, 0.25) is 0 Å². The monoisotopic (exact) mass is 310 g/mol. The van der Waals surface area contributed by atoms with E-state index < -0.39 is 0 Å². The van der Waals surface area contributed by atoms with Crippen LogP contribution in [0, 0.1) is 0 Å². The molecule has 1 aromatic carbocycles. The molecule has 0 radical (unpaired) electrons. The van der Waals surface area contributed by atoms with Crippen molar-refractivity contribution in [3.63, 3.8) is 0 Å². The van der Waals surface area contributed by atoms with Crippen molar-refractivity contribution < 1.29 is 5.21 Å². The van der Waals surface area contributed by atoms with Gasteiger partial charge in [-0.25, -0.2) is 0 Å². The predicted molar refractivity (Wildman–Crippen MR) is 87.5 cm³/mol. The predicted octanol–water partition coefficient (Wildman–Crippen LogP) is 2.36. The van der Waals surface area contributed by atoms with Gasteiger partial charge < -0.3 is 15.8 Å². The van der Waals surface area contributed by atoms with Crippen molar-refractivity contribution in [3.8, 4) is 0 Å². The van der Waals surface area contributed by atoms with E-state index in [1.54, 1.807) is 6.07 Å². The number of rotatable bonds is 2. The van der Waals surface area contributed by atoms with Crippen LogP contribution in [-0.2, 0) is 0 Å². The second-order valence-corrected chi connectivity index (χ2v) is 6.73. The van der Waals surface area contributed by atoms with Crippen LogP contribution in [0.4, 0.5) is 5.69 Å².